The van der Waals surface area contributed by atoms with Crippen LogP contribution in [-0.2, 0) is 6.54 Å². The average molecular weight is 373 g/mol. The molecule has 27 heavy (non-hydrogen) atoms. The molecule has 0 unspecified atom stereocenters. The molecule has 0 aliphatic carbocycles. The lowest BCUT2D eigenvalue weighted by molar-refractivity contribution is 0.0924. The molecule has 0 saturated heterocycles. The molecule has 1 aromatic heterocycles. The molecule has 1 N–H and O–H groups in total. The number of ether oxygens (including phenoxy) is 3. The van der Waals surface area contributed by atoms with Gasteiger partial charge in [-0.2, -0.15) is 0 Å². The van der Waals surface area contributed by atoms with Crippen LogP contribution in [0.15, 0.2) is 34.7 Å². The number of hydrogen-bond donors (Lipinski definition) is 1. The Balaban J connectivity index is 1.85. The van der Waals surface area contributed by atoms with Crippen molar-refractivity contribution in [1.82, 2.24) is 5.32 Å². The van der Waals surface area contributed by atoms with Crippen molar-refractivity contribution in [2.45, 2.75) is 13.5 Å². The second kappa shape index (κ2) is 7.57. The third-order valence-corrected chi connectivity index (χ3v) is 4.33. The van der Waals surface area contributed by atoms with Gasteiger partial charge in [-0.15, -0.1) is 0 Å². The van der Waals surface area contributed by atoms with Crippen molar-refractivity contribution in [1.29, 1.82) is 0 Å². The molecule has 2 aromatic carbocycles. The zero-order valence-electron chi connectivity index (χ0n) is 15.5. The monoisotopic (exact) mass is 373 g/mol. The topological polar surface area (TPSA) is 69.9 Å². The molecule has 0 fully saturated rings. The quantitative estimate of drug-likeness (QED) is 0.711. The minimum atomic E-state index is -0.402. The largest absolute Gasteiger partial charge is 0.496 e. The predicted octanol–water partition coefficient (Wildman–Crippen LogP) is 3.84. The van der Waals surface area contributed by atoms with E-state index in [1.165, 1.54) is 39.5 Å². The second-order valence-electron chi connectivity index (χ2n) is 5.90. The van der Waals surface area contributed by atoms with Gasteiger partial charge < -0.3 is 23.9 Å². The van der Waals surface area contributed by atoms with Crippen LogP contribution in [0.2, 0.25) is 0 Å². The second-order valence-corrected chi connectivity index (χ2v) is 5.90. The van der Waals surface area contributed by atoms with E-state index >= 15 is 0 Å². The van der Waals surface area contributed by atoms with Crippen LogP contribution >= 0.6 is 0 Å². The SMILES string of the molecule is COc1cc(OC)c(OC)cc1CNC(=O)c1oc2ccc(F)cc2c1C. The summed E-state index contributed by atoms with van der Waals surface area (Å²) >= 11 is 0. The number of furan rings is 1. The van der Waals surface area contributed by atoms with Crippen molar-refractivity contribution < 1.29 is 27.8 Å². The average Bonchev–Trinajstić information content (AvgIpc) is 3.01. The number of benzene rings is 2. The molecule has 0 aliphatic rings. The zero-order chi connectivity index (χ0) is 19.6. The molecule has 0 spiro atoms. The van der Waals surface area contributed by atoms with Gasteiger partial charge >= 0.3 is 0 Å². The molecule has 0 aliphatic heterocycles. The van der Waals surface area contributed by atoms with Crippen LogP contribution in [-0.4, -0.2) is 27.2 Å². The first-order chi connectivity index (χ1) is 13.0. The summed E-state index contributed by atoms with van der Waals surface area (Å²) in [5.74, 6) is 0.971. The number of aryl methyl sites for hydroxylation is 1. The summed E-state index contributed by atoms with van der Waals surface area (Å²) in [4.78, 5) is 12.6. The maximum atomic E-state index is 13.4. The maximum absolute atomic E-state index is 13.4. The summed E-state index contributed by atoms with van der Waals surface area (Å²) in [6, 6.07) is 7.57. The number of amides is 1. The Kier molecular flexibility index (Phi) is 5.21. The van der Waals surface area contributed by atoms with Gasteiger partial charge in [-0.1, -0.05) is 0 Å². The van der Waals surface area contributed by atoms with Crippen LogP contribution in [0, 0.1) is 12.7 Å². The van der Waals surface area contributed by atoms with Crippen LogP contribution in [0.25, 0.3) is 11.0 Å². The lowest BCUT2D eigenvalue weighted by Gasteiger charge is -2.14. The Hall–Kier alpha value is -3.22. The van der Waals surface area contributed by atoms with E-state index in [4.69, 9.17) is 18.6 Å². The van der Waals surface area contributed by atoms with Gasteiger partial charge in [-0.3, -0.25) is 4.79 Å². The Morgan fingerprint density at radius 2 is 1.70 bits per heavy atom. The molecular formula is C20H20FNO5. The van der Waals surface area contributed by atoms with Crippen molar-refractivity contribution in [3.8, 4) is 17.2 Å². The fourth-order valence-corrected chi connectivity index (χ4v) is 2.90. The van der Waals surface area contributed by atoms with Crippen molar-refractivity contribution in [3.05, 3.63) is 53.0 Å². The highest BCUT2D eigenvalue weighted by molar-refractivity contribution is 5.98. The van der Waals surface area contributed by atoms with Gasteiger partial charge in [0.15, 0.2) is 17.3 Å². The Morgan fingerprint density at radius 3 is 2.37 bits per heavy atom. The van der Waals surface area contributed by atoms with E-state index in [9.17, 15) is 9.18 Å². The molecule has 0 atom stereocenters. The van der Waals surface area contributed by atoms with Crippen molar-refractivity contribution in [3.63, 3.8) is 0 Å². The standard InChI is InChI=1S/C20H20FNO5/c1-11-14-8-13(21)5-6-15(14)27-19(11)20(23)22-10-12-7-17(25-3)18(26-4)9-16(12)24-2/h5-9H,10H2,1-4H3,(H,22,23). The summed E-state index contributed by atoms with van der Waals surface area (Å²) in [6.07, 6.45) is 0. The van der Waals surface area contributed by atoms with E-state index in [1.54, 1.807) is 19.1 Å². The van der Waals surface area contributed by atoms with Crippen molar-refractivity contribution in [2.75, 3.05) is 21.3 Å². The predicted molar refractivity (Wildman–Crippen MR) is 98.2 cm³/mol. The van der Waals surface area contributed by atoms with Gasteiger partial charge in [0.1, 0.15) is 17.1 Å². The smallest absolute Gasteiger partial charge is 0.287 e. The highest BCUT2D eigenvalue weighted by Gasteiger charge is 2.19. The van der Waals surface area contributed by atoms with Gasteiger partial charge in [-0.25, -0.2) is 4.39 Å². The first-order valence-corrected chi connectivity index (χ1v) is 8.24. The normalized spacial score (nSPS) is 10.7. The Labute approximate surface area is 155 Å². The minimum Gasteiger partial charge on any atom is -0.496 e. The molecule has 7 heteroatoms. The van der Waals surface area contributed by atoms with E-state index in [0.29, 0.717) is 39.3 Å². The Morgan fingerprint density at radius 1 is 1.04 bits per heavy atom. The highest BCUT2D eigenvalue weighted by Crippen LogP contribution is 2.34. The van der Waals surface area contributed by atoms with Gasteiger partial charge in [0.05, 0.1) is 21.3 Å². The van der Waals surface area contributed by atoms with Crippen molar-refractivity contribution in [2.24, 2.45) is 0 Å². The molecule has 6 nitrogen and oxygen atoms in total. The lowest BCUT2D eigenvalue weighted by Crippen LogP contribution is -2.23. The third kappa shape index (κ3) is 3.53. The van der Waals surface area contributed by atoms with Gasteiger partial charge in [0.25, 0.3) is 5.91 Å². The maximum Gasteiger partial charge on any atom is 0.287 e. The van der Waals surface area contributed by atoms with E-state index in [-0.39, 0.29) is 18.1 Å². The zero-order valence-corrected chi connectivity index (χ0v) is 15.5. The molecule has 1 heterocycles. The number of carbonyl (C=O) groups is 1. The molecule has 3 rings (SSSR count). The molecule has 0 radical (unpaired) electrons. The molecule has 0 saturated carbocycles. The molecule has 1 amide bonds. The third-order valence-electron chi connectivity index (χ3n) is 4.33. The fourth-order valence-electron chi connectivity index (χ4n) is 2.90. The minimum absolute atomic E-state index is 0.148. The number of nitrogens with one attached hydrogen (secondary N) is 1. The first kappa shape index (κ1) is 18.6. The van der Waals surface area contributed by atoms with E-state index in [0.717, 1.165) is 0 Å². The van der Waals surface area contributed by atoms with E-state index in [1.807, 2.05) is 0 Å². The van der Waals surface area contributed by atoms with Gasteiger partial charge in [-0.05, 0) is 31.2 Å². The number of methoxy groups -OCH3 is 3. The highest BCUT2D eigenvalue weighted by atomic mass is 19.1. The summed E-state index contributed by atoms with van der Waals surface area (Å²) in [6.45, 7) is 1.91. The van der Waals surface area contributed by atoms with Crippen LogP contribution in [0.4, 0.5) is 4.39 Å². The lowest BCUT2D eigenvalue weighted by atomic mass is 10.1. The molecule has 3 aromatic rings. The number of fused-ring (bicyclic) bond motifs is 1. The number of rotatable bonds is 6. The molecule has 142 valence electrons. The summed E-state index contributed by atoms with van der Waals surface area (Å²) in [7, 11) is 4.60. The van der Waals surface area contributed by atoms with Crippen molar-refractivity contribution >= 4 is 16.9 Å². The van der Waals surface area contributed by atoms with Crippen LogP contribution in [0.5, 0.6) is 17.2 Å². The van der Waals surface area contributed by atoms with E-state index in [2.05, 4.69) is 5.32 Å². The first-order valence-electron chi connectivity index (χ1n) is 8.24. The van der Waals surface area contributed by atoms with Crippen LogP contribution < -0.4 is 19.5 Å². The van der Waals surface area contributed by atoms with Crippen LogP contribution in [0.3, 0.4) is 0 Å². The molecular weight excluding hydrogens is 353 g/mol. The number of halogens is 1. The van der Waals surface area contributed by atoms with Crippen LogP contribution in [0.1, 0.15) is 21.7 Å². The number of carbonyl (C=O) groups excluding carboxylic acids is 1. The Bertz CT molecular complexity index is 996. The number of hydrogen-bond acceptors (Lipinski definition) is 5. The fraction of sp³-hybridized carbons (Fsp3) is 0.250. The molecule has 0 bridgehead atoms. The summed E-state index contributed by atoms with van der Waals surface area (Å²) < 4.78 is 34.9. The summed E-state index contributed by atoms with van der Waals surface area (Å²) in [5.41, 5.74) is 1.76. The summed E-state index contributed by atoms with van der Waals surface area (Å²) in [5, 5.41) is 3.37. The van der Waals surface area contributed by atoms with Gasteiger partial charge in [0, 0.05) is 29.1 Å². The van der Waals surface area contributed by atoms with E-state index < -0.39 is 5.91 Å². The van der Waals surface area contributed by atoms with Gasteiger partial charge in [0.2, 0.25) is 0 Å².